The SMILES string of the molecule is O=C(CNCc1ccccc1[N+](=O)[O-])Nc1ccc(F)cc1. The summed E-state index contributed by atoms with van der Waals surface area (Å²) >= 11 is 0. The molecule has 0 aromatic heterocycles. The molecule has 0 saturated heterocycles. The van der Waals surface area contributed by atoms with E-state index >= 15 is 0 Å². The minimum absolute atomic E-state index is 0.00828. The molecule has 22 heavy (non-hydrogen) atoms. The number of benzene rings is 2. The summed E-state index contributed by atoms with van der Waals surface area (Å²) in [5.74, 6) is -0.697. The fourth-order valence-electron chi connectivity index (χ4n) is 1.89. The lowest BCUT2D eigenvalue weighted by molar-refractivity contribution is -0.385. The molecule has 1 amide bonds. The third kappa shape index (κ3) is 4.35. The number of amides is 1. The molecular formula is C15H14FN3O3. The second kappa shape index (κ2) is 7.28. The van der Waals surface area contributed by atoms with Gasteiger partial charge in [-0.05, 0) is 24.3 Å². The number of anilines is 1. The van der Waals surface area contributed by atoms with Crippen LogP contribution < -0.4 is 10.6 Å². The molecule has 2 aromatic carbocycles. The predicted molar refractivity (Wildman–Crippen MR) is 79.8 cm³/mol. The molecule has 2 rings (SSSR count). The first-order valence-electron chi connectivity index (χ1n) is 6.54. The van der Waals surface area contributed by atoms with Crippen molar-refractivity contribution in [2.45, 2.75) is 6.54 Å². The van der Waals surface area contributed by atoms with Crippen LogP contribution in [0.3, 0.4) is 0 Å². The average molecular weight is 303 g/mol. The van der Waals surface area contributed by atoms with Crippen molar-refractivity contribution in [3.63, 3.8) is 0 Å². The Morgan fingerprint density at radius 1 is 1.14 bits per heavy atom. The van der Waals surface area contributed by atoms with Gasteiger partial charge in [-0.25, -0.2) is 4.39 Å². The first-order valence-corrected chi connectivity index (χ1v) is 6.54. The zero-order chi connectivity index (χ0) is 15.9. The average Bonchev–Trinajstić information content (AvgIpc) is 2.50. The first-order chi connectivity index (χ1) is 10.6. The van der Waals surface area contributed by atoms with Crippen molar-refractivity contribution in [2.75, 3.05) is 11.9 Å². The van der Waals surface area contributed by atoms with E-state index in [1.807, 2.05) is 0 Å². The molecular weight excluding hydrogens is 289 g/mol. The summed E-state index contributed by atoms with van der Waals surface area (Å²) in [5.41, 5.74) is 0.995. The minimum Gasteiger partial charge on any atom is -0.325 e. The Morgan fingerprint density at radius 2 is 1.82 bits per heavy atom. The molecule has 0 saturated carbocycles. The molecule has 2 aromatic rings. The smallest absolute Gasteiger partial charge is 0.273 e. The van der Waals surface area contributed by atoms with Crippen LogP contribution in [-0.2, 0) is 11.3 Å². The van der Waals surface area contributed by atoms with Gasteiger partial charge in [-0.2, -0.15) is 0 Å². The third-order valence-corrected chi connectivity index (χ3v) is 2.92. The number of nitrogens with zero attached hydrogens (tertiary/aromatic N) is 1. The first kappa shape index (κ1) is 15.6. The highest BCUT2D eigenvalue weighted by molar-refractivity contribution is 5.92. The lowest BCUT2D eigenvalue weighted by Gasteiger charge is -2.07. The Balaban J connectivity index is 1.85. The lowest BCUT2D eigenvalue weighted by Crippen LogP contribution is -2.27. The lowest BCUT2D eigenvalue weighted by atomic mass is 10.2. The topological polar surface area (TPSA) is 84.3 Å². The van der Waals surface area contributed by atoms with Crippen LogP contribution in [0.1, 0.15) is 5.56 Å². The molecule has 0 heterocycles. The second-order valence-corrected chi connectivity index (χ2v) is 4.54. The molecule has 0 fully saturated rings. The minimum atomic E-state index is -0.463. The highest BCUT2D eigenvalue weighted by Gasteiger charge is 2.12. The van der Waals surface area contributed by atoms with Crippen LogP contribution >= 0.6 is 0 Å². The number of hydrogen-bond donors (Lipinski definition) is 2. The number of rotatable bonds is 6. The summed E-state index contributed by atoms with van der Waals surface area (Å²) in [7, 11) is 0. The third-order valence-electron chi connectivity index (χ3n) is 2.92. The molecule has 0 spiro atoms. The van der Waals surface area contributed by atoms with Gasteiger partial charge in [0.1, 0.15) is 5.82 Å². The van der Waals surface area contributed by atoms with Gasteiger partial charge >= 0.3 is 0 Å². The number of nitro groups is 1. The highest BCUT2D eigenvalue weighted by Crippen LogP contribution is 2.17. The largest absolute Gasteiger partial charge is 0.325 e. The van der Waals surface area contributed by atoms with Crippen molar-refractivity contribution < 1.29 is 14.1 Å². The molecule has 0 unspecified atom stereocenters. The maximum atomic E-state index is 12.7. The van der Waals surface area contributed by atoms with Crippen molar-refractivity contribution in [3.8, 4) is 0 Å². The van der Waals surface area contributed by atoms with Gasteiger partial charge in [-0.3, -0.25) is 14.9 Å². The molecule has 0 radical (unpaired) electrons. The van der Waals surface area contributed by atoms with E-state index in [-0.39, 0.29) is 30.5 Å². The summed E-state index contributed by atoms with van der Waals surface area (Å²) in [6.45, 7) is 0.192. The number of hydrogen-bond acceptors (Lipinski definition) is 4. The molecule has 0 aliphatic heterocycles. The Kier molecular flexibility index (Phi) is 5.16. The predicted octanol–water partition coefficient (Wildman–Crippen LogP) is 2.46. The van der Waals surface area contributed by atoms with E-state index in [1.54, 1.807) is 18.2 Å². The van der Waals surface area contributed by atoms with Crippen LogP contribution in [0.5, 0.6) is 0 Å². The molecule has 0 bridgehead atoms. The zero-order valence-corrected chi connectivity index (χ0v) is 11.6. The normalized spacial score (nSPS) is 10.2. The molecule has 0 atom stereocenters. The monoisotopic (exact) mass is 303 g/mol. The van der Waals surface area contributed by atoms with Crippen molar-refractivity contribution in [1.82, 2.24) is 5.32 Å². The van der Waals surface area contributed by atoms with E-state index in [9.17, 15) is 19.3 Å². The summed E-state index contributed by atoms with van der Waals surface area (Å²) in [5, 5.41) is 16.3. The maximum Gasteiger partial charge on any atom is 0.273 e. The van der Waals surface area contributed by atoms with E-state index in [2.05, 4.69) is 10.6 Å². The Labute approximate surface area is 126 Å². The highest BCUT2D eigenvalue weighted by atomic mass is 19.1. The standard InChI is InChI=1S/C15H14FN3O3/c16-12-5-7-13(8-6-12)18-15(20)10-17-9-11-3-1-2-4-14(11)19(21)22/h1-8,17H,9-10H2,(H,18,20). The van der Waals surface area contributed by atoms with E-state index in [1.165, 1.54) is 30.3 Å². The van der Waals surface area contributed by atoms with E-state index in [0.29, 0.717) is 11.3 Å². The van der Waals surface area contributed by atoms with E-state index in [0.717, 1.165) is 0 Å². The fraction of sp³-hybridized carbons (Fsp3) is 0.133. The van der Waals surface area contributed by atoms with Gasteiger partial charge in [-0.1, -0.05) is 18.2 Å². The Bertz CT molecular complexity index is 674. The Hall–Kier alpha value is -2.80. The van der Waals surface area contributed by atoms with Gasteiger partial charge in [0, 0.05) is 23.9 Å². The number of nitro benzene ring substituents is 1. The van der Waals surface area contributed by atoms with Crippen molar-refractivity contribution in [2.24, 2.45) is 0 Å². The van der Waals surface area contributed by atoms with Crippen LogP contribution in [-0.4, -0.2) is 17.4 Å². The number of carbonyl (C=O) groups is 1. The summed E-state index contributed by atoms with van der Waals surface area (Å²) in [6, 6.07) is 11.7. The molecule has 7 heteroatoms. The molecule has 0 aliphatic carbocycles. The van der Waals surface area contributed by atoms with Crippen molar-refractivity contribution >= 4 is 17.3 Å². The van der Waals surface area contributed by atoms with Gasteiger partial charge in [0.05, 0.1) is 11.5 Å². The van der Waals surface area contributed by atoms with E-state index in [4.69, 9.17) is 0 Å². The van der Waals surface area contributed by atoms with Crippen LogP contribution in [0.2, 0.25) is 0 Å². The number of para-hydroxylation sites is 1. The zero-order valence-electron chi connectivity index (χ0n) is 11.6. The van der Waals surface area contributed by atoms with Crippen molar-refractivity contribution in [1.29, 1.82) is 0 Å². The fourth-order valence-corrected chi connectivity index (χ4v) is 1.89. The number of carbonyl (C=O) groups excluding carboxylic acids is 1. The van der Waals surface area contributed by atoms with Crippen LogP contribution in [0.4, 0.5) is 15.8 Å². The van der Waals surface area contributed by atoms with Crippen LogP contribution in [0.25, 0.3) is 0 Å². The summed E-state index contributed by atoms with van der Waals surface area (Å²) in [4.78, 5) is 22.1. The molecule has 114 valence electrons. The maximum absolute atomic E-state index is 12.7. The van der Waals surface area contributed by atoms with Gasteiger partial charge < -0.3 is 10.6 Å². The quantitative estimate of drug-likeness (QED) is 0.634. The molecule has 0 aliphatic rings. The summed E-state index contributed by atoms with van der Waals surface area (Å²) < 4.78 is 12.7. The number of halogens is 1. The second-order valence-electron chi connectivity index (χ2n) is 4.54. The van der Waals surface area contributed by atoms with Gasteiger partial charge in [-0.15, -0.1) is 0 Å². The summed E-state index contributed by atoms with van der Waals surface area (Å²) in [6.07, 6.45) is 0. The van der Waals surface area contributed by atoms with Gasteiger partial charge in [0.2, 0.25) is 5.91 Å². The molecule has 2 N–H and O–H groups in total. The molecule has 6 nitrogen and oxygen atoms in total. The van der Waals surface area contributed by atoms with Crippen molar-refractivity contribution in [3.05, 3.63) is 70.0 Å². The van der Waals surface area contributed by atoms with Crippen LogP contribution in [0, 0.1) is 15.9 Å². The van der Waals surface area contributed by atoms with Crippen LogP contribution in [0.15, 0.2) is 48.5 Å². The van der Waals surface area contributed by atoms with E-state index < -0.39 is 4.92 Å². The number of nitrogens with one attached hydrogen (secondary N) is 2. The Morgan fingerprint density at radius 3 is 2.50 bits per heavy atom. The van der Waals surface area contributed by atoms with Gasteiger partial charge in [0.15, 0.2) is 0 Å². The van der Waals surface area contributed by atoms with Gasteiger partial charge in [0.25, 0.3) is 5.69 Å².